The number of nitrogens with zero attached hydrogens (tertiary/aromatic N) is 5. The summed E-state index contributed by atoms with van der Waals surface area (Å²) < 4.78 is 0. The number of rotatable bonds is 4. The number of halogens is 1. The third-order valence-corrected chi connectivity index (χ3v) is 5.57. The van der Waals surface area contributed by atoms with Crippen molar-refractivity contribution in [1.82, 2.24) is 24.9 Å². The Labute approximate surface area is 173 Å². The molecule has 1 saturated heterocycles. The molecular formula is C21H20ClN7. The van der Waals surface area contributed by atoms with Crippen LogP contribution in [0.5, 0.6) is 0 Å². The highest BCUT2D eigenvalue weighted by atomic mass is 35.5. The van der Waals surface area contributed by atoms with Crippen LogP contribution in [0.2, 0.25) is 5.02 Å². The van der Waals surface area contributed by atoms with E-state index >= 15 is 0 Å². The van der Waals surface area contributed by atoms with Gasteiger partial charge in [-0.1, -0.05) is 29.8 Å². The van der Waals surface area contributed by atoms with E-state index < -0.39 is 0 Å². The van der Waals surface area contributed by atoms with E-state index in [0.717, 1.165) is 53.9 Å². The summed E-state index contributed by atoms with van der Waals surface area (Å²) in [5.41, 5.74) is 2.77. The molecule has 7 nitrogen and oxygen atoms in total. The Balaban J connectivity index is 1.32. The first-order chi connectivity index (χ1) is 14.3. The molecule has 29 heavy (non-hydrogen) atoms. The molecule has 1 fully saturated rings. The summed E-state index contributed by atoms with van der Waals surface area (Å²) in [5.74, 6) is 1.53. The summed E-state index contributed by atoms with van der Waals surface area (Å²) >= 11 is 6.43. The molecule has 0 spiro atoms. The lowest BCUT2D eigenvalue weighted by atomic mass is 10.1. The maximum atomic E-state index is 6.43. The monoisotopic (exact) mass is 405 g/mol. The zero-order valence-electron chi connectivity index (χ0n) is 15.7. The van der Waals surface area contributed by atoms with Crippen LogP contribution in [0, 0.1) is 0 Å². The molecule has 5 rings (SSSR count). The van der Waals surface area contributed by atoms with Gasteiger partial charge in [-0.25, -0.2) is 15.0 Å². The molecule has 1 aliphatic rings. The molecule has 0 radical (unpaired) electrons. The quantitative estimate of drug-likeness (QED) is 0.530. The van der Waals surface area contributed by atoms with Crippen LogP contribution in [-0.2, 0) is 0 Å². The van der Waals surface area contributed by atoms with E-state index in [2.05, 4.69) is 36.2 Å². The van der Waals surface area contributed by atoms with Crippen LogP contribution in [0.1, 0.15) is 12.8 Å². The molecule has 0 aliphatic carbocycles. The van der Waals surface area contributed by atoms with Gasteiger partial charge in [0.15, 0.2) is 0 Å². The molecule has 0 bridgehead atoms. The smallest absolute Gasteiger partial charge is 0.223 e. The molecule has 1 aliphatic heterocycles. The van der Waals surface area contributed by atoms with Crippen LogP contribution in [0.4, 0.5) is 11.8 Å². The maximum absolute atomic E-state index is 6.43. The normalized spacial score (nSPS) is 15.0. The standard InChI is InChI=1S/C21H20ClN7/c22-17-12-26-21(28-20(17)16-11-25-18-4-2-1-3-15(16)18)27-14-5-9-29(10-6-14)19-13-23-7-8-24-19/h1-4,7-8,11-14,25H,5-6,9-10H2,(H,26,27,28). The molecule has 2 N–H and O–H groups in total. The van der Waals surface area contributed by atoms with E-state index in [1.165, 1.54) is 0 Å². The molecule has 0 atom stereocenters. The van der Waals surface area contributed by atoms with Crippen molar-refractivity contribution in [3.8, 4) is 11.3 Å². The molecule has 1 aromatic carbocycles. The number of aromatic amines is 1. The number of piperidine rings is 1. The number of anilines is 2. The lowest BCUT2D eigenvalue weighted by molar-refractivity contribution is 0.520. The van der Waals surface area contributed by atoms with Gasteiger partial charge >= 0.3 is 0 Å². The molecule has 0 saturated carbocycles. The molecule has 4 aromatic rings. The van der Waals surface area contributed by atoms with Crippen molar-refractivity contribution in [1.29, 1.82) is 0 Å². The number of hydrogen-bond donors (Lipinski definition) is 2. The molecule has 0 unspecified atom stereocenters. The Hall–Kier alpha value is -3.19. The summed E-state index contributed by atoms with van der Waals surface area (Å²) in [5, 5.41) is 5.11. The topological polar surface area (TPSA) is 82.6 Å². The first-order valence-electron chi connectivity index (χ1n) is 9.64. The largest absolute Gasteiger partial charge is 0.360 e. The predicted octanol–water partition coefficient (Wildman–Crippen LogP) is 4.15. The first kappa shape index (κ1) is 17.9. The second-order valence-corrected chi connectivity index (χ2v) is 7.51. The van der Waals surface area contributed by atoms with E-state index in [1.54, 1.807) is 18.6 Å². The Morgan fingerprint density at radius 2 is 1.93 bits per heavy atom. The van der Waals surface area contributed by atoms with Crippen molar-refractivity contribution < 1.29 is 0 Å². The number of fused-ring (bicyclic) bond motifs is 1. The fraction of sp³-hybridized carbons (Fsp3) is 0.238. The summed E-state index contributed by atoms with van der Waals surface area (Å²) in [6.45, 7) is 1.83. The SMILES string of the molecule is Clc1cnc(NC2CCN(c3cnccn3)CC2)nc1-c1c[nH]c2ccccc12. The third kappa shape index (κ3) is 3.61. The van der Waals surface area contributed by atoms with Gasteiger partial charge in [0.05, 0.1) is 23.1 Å². The van der Waals surface area contributed by atoms with Crippen LogP contribution in [0.15, 0.2) is 55.2 Å². The van der Waals surface area contributed by atoms with Crippen molar-refractivity contribution in [3.05, 3.63) is 60.3 Å². The lowest BCUT2D eigenvalue weighted by Crippen LogP contribution is -2.39. The van der Waals surface area contributed by atoms with Crippen LogP contribution < -0.4 is 10.2 Å². The van der Waals surface area contributed by atoms with Gasteiger partial charge in [0.25, 0.3) is 0 Å². The molecule has 8 heteroatoms. The van der Waals surface area contributed by atoms with Crippen molar-refractivity contribution in [2.24, 2.45) is 0 Å². The number of para-hydroxylation sites is 1. The lowest BCUT2D eigenvalue weighted by Gasteiger charge is -2.32. The van der Waals surface area contributed by atoms with Crippen molar-refractivity contribution >= 4 is 34.3 Å². The van der Waals surface area contributed by atoms with E-state index in [1.807, 2.05) is 30.6 Å². The fourth-order valence-electron chi connectivity index (χ4n) is 3.78. The van der Waals surface area contributed by atoms with E-state index in [4.69, 9.17) is 16.6 Å². The highest BCUT2D eigenvalue weighted by Gasteiger charge is 2.21. The van der Waals surface area contributed by atoms with Gasteiger partial charge < -0.3 is 15.2 Å². The van der Waals surface area contributed by atoms with Gasteiger partial charge in [0.2, 0.25) is 5.95 Å². The molecular weight excluding hydrogens is 386 g/mol. The van der Waals surface area contributed by atoms with Crippen molar-refractivity contribution in [2.45, 2.75) is 18.9 Å². The van der Waals surface area contributed by atoms with Gasteiger partial charge in [-0.15, -0.1) is 0 Å². The molecule has 4 heterocycles. The Bertz CT molecular complexity index is 1120. The van der Waals surface area contributed by atoms with Crippen LogP contribution in [0.3, 0.4) is 0 Å². The summed E-state index contributed by atoms with van der Waals surface area (Å²) in [6, 6.07) is 8.43. The minimum Gasteiger partial charge on any atom is -0.360 e. The summed E-state index contributed by atoms with van der Waals surface area (Å²) in [4.78, 5) is 23.2. The van der Waals surface area contributed by atoms with Gasteiger partial charge in [-0.05, 0) is 18.9 Å². The number of aromatic nitrogens is 5. The summed E-state index contributed by atoms with van der Waals surface area (Å²) in [6.07, 6.45) is 10.8. The second kappa shape index (κ2) is 7.67. The zero-order chi connectivity index (χ0) is 19.6. The Morgan fingerprint density at radius 1 is 1.07 bits per heavy atom. The fourth-order valence-corrected chi connectivity index (χ4v) is 3.98. The Morgan fingerprint density at radius 3 is 2.76 bits per heavy atom. The van der Waals surface area contributed by atoms with Crippen molar-refractivity contribution in [3.63, 3.8) is 0 Å². The minimum absolute atomic E-state index is 0.305. The highest BCUT2D eigenvalue weighted by Crippen LogP contribution is 2.32. The van der Waals surface area contributed by atoms with Crippen LogP contribution >= 0.6 is 11.6 Å². The average molecular weight is 406 g/mol. The van der Waals surface area contributed by atoms with E-state index in [0.29, 0.717) is 17.0 Å². The van der Waals surface area contributed by atoms with Crippen LogP contribution in [0.25, 0.3) is 22.2 Å². The second-order valence-electron chi connectivity index (χ2n) is 7.11. The maximum Gasteiger partial charge on any atom is 0.223 e. The predicted molar refractivity (Wildman–Crippen MR) is 115 cm³/mol. The number of H-pyrrole nitrogens is 1. The molecule has 3 aromatic heterocycles. The van der Waals surface area contributed by atoms with E-state index in [-0.39, 0.29) is 0 Å². The number of nitrogens with one attached hydrogen (secondary N) is 2. The number of hydrogen-bond acceptors (Lipinski definition) is 6. The van der Waals surface area contributed by atoms with Gasteiger partial charge in [-0.2, -0.15) is 0 Å². The minimum atomic E-state index is 0.305. The van der Waals surface area contributed by atoms with Gasteiger partial charge in [-0.3, -0.25) is 4.98 Å². The third-order valence-electron chi connectivity index (χ3n) is 5.29. The van der Waals surface area contributed by atoms with Crippen LogP contribution in [-0.4, -0.2) is 44.1 Å². The number of benzene rings is 1. The Kier molecular flexibility index (Phi) is 4.73. The van der Waals surface area contributed by atoms with Gasteiger partial charge in [0.1, 0.15) is 5.82 Å². The van der Waals surface area contributed by atoms with E-state index in [9.17, 15) is 0 Å². The average Bonchev–Trinajstić information content (AvgIpc) is 3.20. The molecule has 146 valence electrons. The zero-order valence-corrected chi connectivity index (χ0v) is 16.5. The highest BCUT2D eigenvalue weighted by molar-refractivity contribution is 6.33. The molecule has 0 amide bonds. The van der Waals surface area contributed by atoms with Gasteiger partial charge in [0, 0.05) is 54.2 Å². The first-order valence-corrected chi connectivity index (χ1v) is 10.0. The summed E-state index contributed by atoms with van der Waals surface area (Å²) in [7, 11) is 0. The van der Waals surface area contributed by atoms with Crippen molar-refractivity contribution in [2.75, 3.05) is 23.3 Å².